The molecule has 0 aromatic heterocycles. The normalized spacial score (nSPS) is 10.8. The van der Waals surface area contributed by atoms with Crippen molar-refractivity contribution in [1.82, 2.24) is 0 Å². The highest BCUT2D eigenvalue weighted by Crippen LogP contribution is 2.31. The van der Waals surface area contributed by atoms with E-state index in [9.17, 15) is 4.57 Å². The Kier molecular flexibility index (Phi) is 4.27. The van der Waals surface area contributed by atoms with E-state index in [4.69, 9.17) is 4.52 Å². The van der Waals surface area contributed by atoms with Gasteiger partial charge in [-0.15, -0.1) is 0 Å². The monoisotopic (exact) mass is 257 g/mol. The van der Waals surface area contributed by atoms with E-state index in [0.29, 0.717) is 11.9 Å². The van der Waals surface area contributed by atoms with E-state index in [-0.39, 0.29) is 0 Å². The number of hydrogen-bond donors (Lipinski definition) is 0. The van der Waals surface area contributed by atoms with E-state index < -0.39 is 8.03 Å². The Morgan fingerprint density at radius 3 is 2.17 bits per heavy atom. The summed E-state index contributed by atoms with van der Waals surface area (Å²) in [5, 5.41) is 0. The van der Waals surface area contributed by atoms with Crippen LogP contribution in [0, 0.1) is 0 Å². The van der Waals surface area contributed by atoms with Gasteiger partial charge in [0.25, 0.3) is 0 Å². The van der Waals surface area contributed by atoms with E-state index in [1.54, 1.807) is 12.1 Å². The molecule has 0 bridgehead atoms. The SMILES string of the molecule is C=C(C[P+](=O)Oc1ccccc1)c1ccccc1. The fourth-order valence-electron chi connectivity index (χ4n) is 1.55. The number of benzene rings is 2. The van der Waals surface area contributed by atoms with Crippen LogP contribution in [0.2, 0.25) is 0 Å². The Hall–Kier alpha value is -1.92. The quantitative estimate of drug-likeness (QED) is 0.736. The van der Waals surface area contributed by atoms with Crippen molar-refractivity contribution in [3.8, 4) is 5.75 Å². The molecule has 1 atom stereocenters. The fraction of sp³-hybridized carbons (Fsp3) is 0.0667. The molecule has 18 heavy (non-hydrogen) atoms. The lowest BCUT2D eigenvalue weighted by Gasteiger charge is -1.98. The molecule has 0 saturated heterocycles. The summed E-state index contributed by atoms with van der Waals surface area (Å²) in [6, 6.07) is 18.9. The molecule has 90 valence electrons. The van der Waals surface area contributed by atoms with Crippen LogP contribution >= 0.6 is 8.03 Å². The molecule has 3 heteroatoms. The molecule has 2 rings (SSSR count). The predicted molar refractivity (Wildman–Crippen MR) is 75.0 cm³/mol. The Bertz CT molecular complexity index is 535. The molecule has 0 amide bonds. The van der Waals surface area contributed by atoms with Crippen molar-refractivity contribution in [1.29, 1.82) is 0 Å². The summed E-state index contributed by atoms with van der Waals surface area (Å²) in [5.41, 5.74) is 1.82. The summed E-state index contributed by atoms with van der Waals surface area (Å²) in [7, 11) is -1.77. The van der Waals surface area contributed by atoms with E-state index >= 15 is 0 Å². The lowest BCUT2D eigenvalue weighted by Crippen LogP contribution is -1.90. The first kappa shape index (κ1) is 12.5. The maximum Gasteiger partial charge on any atom is 0.560 e. The zero-order valence-corrected chi connectivity index (χ0v) is 10.8. The fourth-order valence-corrected chi connectivity index (χ4v) is 2.47. The van der Waals surface area contributed by atoms with Crippen LogP contribution in [0.15, 0.2) is 67.2 Å². The van der Waals surface area contributed by atoms with Crippen LogP contribution in [0.25, 0.3) is 5.57 Å². The first-order valence-corrected chi connectivity index (χ1v) is 7.03. The minimum absolute atomic E-state index is 0.342. The molecule has 2 aromatic rings. The second kappa shape index (κ2) is 6.13. The van der Waals surface area contributed by atoms with Crippen LogP contribution in [-0.2, 0) is 4.57 Å². The maximum atomic E-state index is 11.9. The zero-order valence-electron chi connectivity index (χ0n) is 9.95. The number of hydrogen-bond acceptors (Lipinski definition) is 2. The zero-order chi connectivity index (χ0) is 12.8. The summed E-state index contributed by atoms with van der Waals surface area (Å²) < 4.78 is 17.2. The van der Waals surface area contributed by atoms with Crippen molar-refractivity contribution >= 4 is 13.6 Å². The summed E-state index contributed by atoms with van der Waals surface area (Å²) >= 11 is 0. The van der Waals surface area contributed by atoms with Gasteiger partial charge in [-0.1, -0.05) is 55.1 Å². The lowest BCUT2D eigenvalue weighted by atomic mass is 10.1. The third-order valence-electron chi connectivity index (χ3n) is 2.45. The summed E-state index contributed by atoms with van der Waals surface area (Å²) in [4.78, 5) is 0. The molecule has 0 aliphatic carbocycles. The molecule has 2 nitrogen and oxygen atoms in total. The van der Waals surface area contributed by atoms with Crippen LogP contribution < -0.4 is 4.52 Å². The Morgan fingerprint density at radius 2 is 1.56 bits per heavy atom. The largest absolute Gasteiger partial charge is 0.560 e. The second-order valence-electron chi connectivity index (χ2n) is 3.86. The minimum atomic E-state index is -1.77. The van der Waals surface area contributed by atoms with Gasteiger partial charge in [-0.2, -0.15) is 0 Å². The van der Waals surface area contributed by atoms with Gasteiger partial charge in [-0.3, -0.25) is 4.52 Å². The molecule has 0 aliphatic heterocycles. The third-order valence-corrected chi connectivity index (χ3v) is 3.51. The van der Waals surface area contributed by atoms with Gasteiger partial charge >= 0.3 is 8.03 Å². The maximum absolute atomic E-state index is 11.9. The highest BCUT2D eigenvalue weighted by Gasteiger charge is 2.21. The van der Waals surface area contributed by atoms with Crippen LogP contribution in [-0.4, -0.2) is 6.16 Å². The summed E-state index contributed by atoms with van der Waals surface area (Å²) in [5.74, 6) is 0.625. The lowest BCUT2D eigenvalue weighted by molar-refractivity contribution is 0.508. The van der Waals surface area contributed by atoms with Crippen LogP contribution in [0.4, 0.5) is 0 Å². The molecule has 1 unspecified atom stereocenters. The van der Waals surface area contributed by atoms with Crippen molar-refractivity contribution in [3.05, 3.63) is 72.8 Å². The molecule has 0 N–H and O–H groups in total. The Balaban J connectivity index is 1.94. The van der Waals surface area contributed by atoms with Gasteiger partial charge in [0, 0.05) is 5.57 Å². The van der Waals surface area contributed by atoms with Crippen LogP contribution in [0.5, 0.6) is 5.75 Å². The minimum Gasteiger partial charge on any atom is -0.254 e. The molecule has 0 aliphatic rings. The average molecular weight is 257 g/mol. The van der Waals surface area contributed by atoms with Gasteiger partial charge in [0.2, 0.25) is 6.16 Å². The first-order chi connectivity index (χ1) is 8.75. The van der Waals surface area contributed by atoms with Crippen LogP contribution in [0.1, 0.15) is 5.56 Å². The van der Waals surface area contributed by atoms with Gasteiger partial charge in [-0.25, -0.2) is 0 Å². The van der Waals surface area contributed by atoms with Crippen molar-refractivity contribution in [2.45, 2.75) is 0 Å². The van der Waals surface area contributed by atoms with Gasteiger partial charge < -0.3 is 0 Å². The third kappa shape index (κ3) is 3.54. The van der Waals surface area contributed by atoms with Crippen molar-refractivity contribution < 1.29 is 9.09 Å². The highest BCUT2D eigenvalue weighted by atomic mass is 31.1. The molecule has 2 aromatic carbocycles. The van der Waals surface area contributed by atoms with Crippen molar-refractivity contribution in [2.24, 2.45) is 0 Å². The molecule has 0 radical (unpaired) electrons. The number of allylic oxidation sites excluding steroid dienone is 1. The molecule has 0 spiro atoms. The van der Waals surface area contributed by atoms with Gasteiger partial charge in [0.1, 0.15) is 0 Å². The number of para-hydroxylation sites is 1. The highest BCUT2D eigenvalue weighted by molar-refractivity contribution is 7.40. The van der Waals surface area contributed by atoms with E-state index in [1.165, 1.54) is 0 Å². The molecule has 0 heterocycles. The Labute approximate surface area is 108 Å². The van der Waals surface area contributed by atoms with Gasteiger partial charge in [-0.05, 0) is 22.3 Å². The Morgan fingerprint density at radius 1 is 1.00 bits per heavy atom. The van der Waals surface area contributed by atoms with Crippen molar-refractivity contribution in [3.63, 3.8) is 0 Å². The molecule has 0 fully saturated rings. The topological polar surface area (TPSA) is 26.3 Å². The molecular weight excluding hydrogens is 243 g/mol. The van der Waals surface area contributed by atoms with Gasteiger partial charge in [0.15, 0.2) is 5.75 Å². The second-order valence-corrected chi connectivity index (χ2v) is 5.03. The molecular formula is C15H14O2P+. The standard InChI is InChI=1S/C15H14O2P/c1-13(14-8-4-2-5-9-14)12-18(16)17-15-10-6-3-7-11-15/h2-11H,1,12H2/q+1. The van der Waals surface area contributed by atoms with Crippen molar-refractivity contribution in [2.75, 3.05) is 6.16 Å². The summed E-state index contributed by atoms with van der Waals surface area (Å²) in [6.07, 6.45) is 0.342. The summed E-state index contributed by atoms with van der Waals surface area (Å²) in [6.45, 7) is 3.94. The van der Waals surface area contributed by atoms with Crippen LogP contribution in [0.3, 0.4) is 0 Å². The smallest absolute Gasteiger partial charge is 0.254 e. The van der Waals surface area contributed by atoms with Gasteiger partial charge in [0.05, 0.1) is 0 Å². The van der Waals surface area contributed by atoms with E-state index in [1.807, 2.05) is 48.5 Å². The molecule has 0 saturated carbocycles. The first-order valence-electron chi connectivity index (χ1n) is 5.66. The predicted octanol–water partition coefficient (Wildman–Crippen LogP) is 4.52. The van der Waals surface area contributed by atoms with E-state index in [0.717, 1.165) is 11.1 Å². The average Bonchev–Trinajstić information content (AvgIpc) is 2.40. The van der Waals surface area contributed by atoms with E-state index in [2.05, 4.69) is 6.58 Å². The number of rotatable bonds is 5.